The molecule has 2 aromatic heterocycles. The number of nitrogens with zero attached hydrogens (tertiary/aromatic N) is 1. The Hall–Kier alpha value is -3.20. The molecule has 33 heavy (non-hydrogen) atoms. The van der Waals surface area contributed by atoms with Gasteiger partial charge in [0.25, 0.3) is 11.5 Å². The minimum Gasteiger partial charge on any atom is -0.484 e. The van der Waals surface area contributed by atoms with Crippen molar-refractivity contribution in [2.75, 3.05) is 13.2 Å². The van der Waals surface area contributed by atoms with Gasteiger partial charge in [-0.25, -0.2) is 4.98 Å². The molecule has 0 aliphatic heterocycles. The topological polar surface area (TPSA) is 113 Å². The van der Waals surface area contributed by atoms with E-state index in [4.69, 9.17) is 4.74 Å². The van der Waals surface area contributed by atoms with E-state index in [0.717, 1.165) is 33.7 Å². The van der Waals surface area contributed by atoms with E-state index in [-0.39, 0.29) is 30.4 Å². The number of aromatic nitrogens is 2. The fourth-order valence-corrected chi connectivity index (χ4v) is 4.53. The van der Waals surface area contributed by atoms with Crippen molar-refractivity contribution < 1.29 is 14.3 Å². The zero-order chi connectivity index (χ0) is 23.4. The average molecular weight is 469 g/mol. The summed E-state index contributed by atoms with van der Waals surface area (Å²) in [6.07, 6.45) is 3.43. The molecule has 8 nitrogen and oxygen atoms in total. The first-order chi connectivity index (χ1) is 15.9. The predicted octanol–water partition coefficient (Wildman–Crippen LogP) is 2.55. The highest BCUT2D eigenvalue weighted by atomic mass is 32.1. The van der Waals surface area contributed by atoms with E-state index in [1.165, 1.54) is 11.3 Å². The lowest BCUT2D eigenvalue weighted by Crippen LogP contribution is -2.30. The van der Waals surface area contributed by atoms with Crippen LogP contribution in [0.4, 0.5) is 0 Å². The maximum Gasteiger partial charge on any atom is 0.259 e. The molecule has 0 atom stereocenters. The van der Waals surface area contributed by atoms with Crippen molar-refractivity contribution in [2.24, 2.45) is 0 Å². The molecule has 1 aliphatic rings. The Morgan fingerprint density at radius 1 is 1.15 bits per heavy atom. The summed E-state index contributed by atoms with van der Waals surface area (Å²) in [5.74, 6) is 0.996. The normalized spacial score (nSPS) is 13.2. The van der Waals surface area contributed by atoms with Crippen molar-refractivity contribution in [3.8, 4) is 5.75 Å². The largest absolute Gasteiger partial charge is 0.484 e. The minimum absolute atomic E-state index is 0.0185. The van der Waals surface area contributed by atoms with Gasteiger partial charge in [-0.2, -0.15) is 0 Å². The van der Waals surface area contributed by atoms with E-state index < -0.39 is 0 Å². The summed E-state index contributed by atoms with van der Waals surface area (Å²) in [5, 5.41) is 6.43. The molecule has 3 N–H and O–H groups in total. The smallest absolute Gasteiger partial charge is 0.259 e. The quantitative estimate of drug-likeness (QED) is 0.423. The number of aromatic amines is 1. The van der Waals surface area contributed by atoms with Crippen LogP contribution in [-0.2, 0) is 22.4 Å². The van der Waals surface area contributed by atoms with Gasteiger partial charge in [0.05, 0.1) is 5.39 Å². The summed E-state index contributed by atoms with van der Waals surface area (Å²) in [5.41, 5.74) is 1.88. The molecule has 1 saturated carbocycles. The molecule has 1 fully saturated rings. The second-order valence-corrected chi connectivity index (χ2v) is 9.55. The first-order valence-corrected chi connectivity index (χ1v) is 12.0. The molecule has 0 bridgehead atoms. The molecule has 3 aromatic rings. The number of hydrogen-bond acceptors (Lipinski definition) is 6. The predicted molar refractivity (Wildman–Crippen MR) is 128 cm³/mol. The van der Waals surface area contributed by atoms with E-state index in [2.05, 4.69) is 20.6 Å². The molecule has 1 aliphatic carbocycles. The highest BCUT2D eigenvalue weighted by Gasteiger charge is 2.23. The van der Waals surface area contributed by atoms with Crippen LogP contribution >= 0.6 is 11.3 Å². The van der Waals surface area contributed by atoms with Crippen LogP contribution in [0.1, 0.15) is 41.1 Å². The number of carbonyl (C=O) groups excluding carboxylic acids is 2. The lowest BCUT2D eigenvalue weighted by Gasteiger charge is -2.08. The fraction of sp³-hybridized carbons (Fsp3) is 0.417. The Labute approximate surface area is 195 Å². The van der Waals surface area contributed by atoms with Gasteiger partial charge in [-0.05, 0) is 56.4 Å². The first kappa shape index (κ1) is 23.0. The Morgan fingerprint density at radius 2 is 1.91 bits per heavy atom. The van der Waals surface area contributed by atoms with Crippen molar-refractivity contribution in [3.05, 3.63) is 56.4 Å². The first-order valence-electron chi connectivity index (χ1n) is 11.2. The number of amides is 2. The molecule has 4 rings (SSSR count). The third kappa shape index (κ3) is 6.19. The number of thiophene rings is 1. The summed E-state index contributed by atoms with van der Waals surface area (Å²) >= 11 is 1.50. The lowest BCUT2D eigenvalue weighted by atomic mass is 10.1. The van der Waals surface area contributed by atoms with Crippen LogP contribution in [-0.4, -0.2) is 41.0 Å². The van der Waals surface area contributed by atoms with Crippen LogP contribution in [0.25, 0.3) is 10.2 Å². The van der Waals surface area contributed by atoms with E-state index in [9.17, 15) is 14.4 Å². The SMILES string of the molecule is Cc1sc2nc(CCC(=O)NCCc3ccc(OCC(=O)NC4CC4)cc3)[nH]c(=O)c2c1C. The zero-order valence-electron chi connectivity index (χ0n) is 18.8. The van der Waals surface area contributed by atoms with Crippen LogP contribution in [0.2, 0.25) is 0 Å². The van der Waals surface area contributed by atoms with Crippen LogP contribution in [0.5, 0.6) is 5.75 Å². The maximum atomic E-state index is 12.3. The molecule has 0 unspecified atom stereocenters. The summed E-state index contributed by atoms with van der Waals surface area (Å²) in [4.78, 5) is 45.3. The molecular weight excluding hydrogens is 440 g/mol. The Balaban J connectivity index is 1.18. The van der Waals surface area contributed by atoms with Gasteiger partial charge in [-0.15, -0.1) is 11.3 Å². The highest BCUT2D eigenvalue weighted by molar-refractivity contribution is 7.18. The lowest BCUT2D eigenvalue weighted by molar-refractivity contribution is -0.123. The minimum atomic E-state index is -0.145. The summed E-state index contributed by atoms with van der Waals surface area (Å²) in [6.45, 7) is 4.43. The van der Waals surface area contributed by atoms with Gasteiger partial charge >= 0.3 is 0 Å². The average Bonchev–Trinajstić information content (AvgIpc) is 3.55. The molecular formula is C24H28N4O4S. The second-order valence-electron chi connectivity index (χ2n) is 8.35. The fourth-order valence-electron chi connectivity index (χ4n) is 3.48. The Bertz CT molecular complexity index is 1210. The van der Waals surface area contributed by atoms with Gasteiger partial charge in [-0.1, -0.05) is 12.1 Å². The monoisotopic (exact) mass is 468 g/mol. The number of ether oxygens (including phenoxy) is 1. The summed E-state index contributed by atoms with van der Waals surface area (Å²) < 4.78 is 5.50. The van der Waals surface area contributed by atoms with Gasteiger partial charge in [0.15, 0.2) is 6.61 Å². The number of hydrogen-bond donors (Lipinski definition) is 3. The number of H-pyrrole nitrogens is 1. The van der Waals surface area contributed by atoms with Crippen molar-refractivity contribution in [2.45, 2.75) is 52.0 Å². The number of benzene rings is 1. The third-order valence-electron chi connectivity index (χ3n) is 5.65. The summed E-state index contributed by atoms with van der Waals surface area (Å²) in [7, 11) is 0. The number of carbonyl (C=O) groups is 2. The maximum absolute atomic E-state index is 12.3. The molecule has 174 valence electrons. The van der Waals surface area contributed by atoms with Crippen molar-refractivity contribution in [1.29, 1.82) is 0 Å². The number of fused-ring (bicyclic) bond motifs is 1. The van der Waals surface area contributed by atoms with E-state index in [1.807, 2.05) is 38.1 Å². The van der Waals surface area contributed by atoms with Crippen molar-refractivity contribution in [3.63, 3.8) is 0 Å². The van der Waals surface area contributed by atoms with Gasteiger partial charge in [0, 0.05) is 30.3 Å². The summed E-state index contributed by atoms with van der Waals surface area (Å²) in [6, 6.07) is 7.83. The van der Waals surface area contributed by atoms with Crippen LogP contribution < -0.4 is 20.9 Å². The van der Waals surface area contributed by atoms with Crippen LogP contribution in [0.3, 0.4) is 0 Å². The Kier molecular flexibility index (Phi) is 7.08. The van der Waals surface area contributed by atoms with Crippen LogP contribution in [0.15, 0.2) is 29.1 Å². The van der Waals surface area contributed by atoms with Crippen molar-refractivity contribution >= 4 is 33.4 Å². The van der Waals surface area contributed by atoms with Crippen molar-refractivity contribution in [1.82, 2.24) is 20.6 Å². The van der Waals surface area contributed by atoms with Gasteiger partial charge in [-0.3, -0.25) is 14.4 Å². The molecule has 2 heterocycles. The van der Waals surface area contributed by atoms with E-state index in [1.54, 1.807) is 0 Å². The third-order valence-corrected chi connectivity index (χ3v) is 6.75. The second kappa shape index (κ2) is 10.2. The molecule has 9 heteroatoms. The Morgan fingerprint density at radius 3 is 2.64 bits per heavy atom. The molecule has 2 amide bonds. The zero-order valence-corrected chi connectivity index (χ0v) is 19.6. The highest BCUT2D eigenvalue weighted by Crippen LogP contribution is 2.25. The van der Waals surface area contributed by atoms with Gasteiger partial charge < -0.3 is 20.4 Å². The molecule has 1 aromatic carbocycles. The van der Waals surface area contributed by atoms with Crippen LogP contribution in [0, 0.1) is 13.8 Å². The molecule has 0 radical (unpaired) electrons. The molecule has 0 spiro atoms. The van der Waals surface area contributed by atoms with Gasteiger partial charge in [0.2, 0.25) is 5.91 Å². The number of aryl methyl sites for hydroxylation is 3. The molecule has 0 saturated heterocycles. The number of rotatable bonds is 10. The van der Waals surface area contributed by atoms with E-state index >= 15 is 0 Å². The standard InChI is InChI=1S/C24H28N4O4S/c1-14-15(2)33-24-22(14)23(31)27-19(28-24)9-10-20(29)25-12-11-16-3-7-18(8-4-16)32-13-21(30)26-17-5-6-17/h3-4,7-8,17H,5-6,9-13H2,1-2H3,(H,25,29)(H,26,30)(H,27,28,31). The van der Waals surface area contributed by atoms with E-state index in [0.29, 0.717) is 42.4 Å². The van der Waals surface area contributed by atoms with Gasteiger partial charge in [0.1, 0.15) is 16.4 Å². The number of nitrogens with one attached hydrogen (secondary N) is 3.